The summed E-state index contributed by atoms with van der Waals surface area (Å²) in [5.41, 5.74) is 0.641. The van der Waals surface area contributed by atoms with Gasteiger partial charge in [-0.1, -0.05) is 26.3 Å². The summed E-state index contributed by atoms with van der Waals surface area (Å²) in [6, 6.07) is 0. The van der Waals surface area contributed by atoms with Crippen LogP contribution < -0.4 is 0 Å². The van der Waals surface area contributed by atoms with Gasteiger partial charge in [-0.15, -0.1) is 0 Å². The summed E-state index contributed by atoms with van der Waals surface area (Å²) in [7, 11) is 0. The second-order valence-electron chi connectivity index (χ2n) is 3.90. The van der Waals surface area contributed by atoms with Crippen LogP contribution >= 0.6 is 0 Å². The van der Waals surface area contributed by atoms with Crippen molar-refractivity contribution in [3.05, 3.63) is 11.6 Å². The van der Waals surface area contributed by atoms with E-state index in [0.717, 1.165) is 19.3 Å². The highest BCUT2D eigenvalue weighted by atomic mass is 16.5. The number of carbonyl (C=O) groups is 2. The van der Waals surface area contributed by atoms with Crippen LogP contribution in [0.25, 0.3) is 0 Å². The molecule has 1 unspecified atom stereocenters. The zero-order valence-corrected chi connectivity index (χ0v) is 10.7. The van der Waals surface area contributed by atoms with Gasteiger partial charge >= 0.3 is 5.97 Å². The first-order valence-electron chi connectivity index (χ1n) is 5.92. The number of ketones is 1. The third-order valence-electron chi connectivity index (χ3n) is 2.39. The third-order valence-corrected chi connectivity index (χ3v) is 2.39. The molecule has 0 rings (SSSR count). The Morgan fingerprint density at radius 3 is 2.44 bits per heavy atom. The van der Waals surface area contributed by atoms with E-state index < -0.39 is 11.9 Å². The lowest BCUT2D eigenvalue weighted by molar-refractivity contribution is -0.150. The molecule has 0 aromatic carbocycles. The van der Waals surface area contributed by atoms with E-state index in [9.17, 15) is 9.59 Å². The number of unbranched alkanes of at least 4 members (excludes halogenated alkanes) is 1. The van der Waals surface area contributed by atoms with Gasteiger partial charge in [-0.3, -0.25) is 9.59 Å². The molecular formula is C13H22O3. The highest BCUT2D eigenvalue weighted by Gasteiger charge is 2.23. The first-order valence-corrected chi connectivity index (χ1v) is 5.92. The summed E-state index contributed by atoms with van der Waals surface area (Å²) in [6.45, 7) is 7.73. The number of carbonyl (C=O) groups excluding carboxylic acids is 2. The molecular weight excluding hydrogens is 204 g/mol. The Labute approximate surface area is 97.9 Å². The zero-order valence-electron chi connectivity index (χ0n) is 10.7. The van der Waals surface area contributed by atoms with Crippen LogP contribution in [0, 0.1) is 5.92 Å². The van der Waals surface area contributed by atoms with Gasteiger partial charge in [-0.2, -0.15) is 0 Å². The molecule has 0 amide bonds. The monoisotopic (exact) mass is 226 g/mol. The Bertz CT molecular complexity index is 266. The Balaban J connectivity index is 4.22. The smallest absolute Gasteiger partial charge is 0.316 e. The van der Waals surface area contributed by atoms with E-state index in [2.05, 4.69) is 0 Å². The molecule has 0 fully saturated rings. The highest BCUT2D eigenvalue weighted by Crippen LogP contribution is 2.09. The fourth-order valence-corrected chi connectivity index (χ4v) is 1.30. The van der Waals surface area contributed by atoms with E-state index >= 15 is 0 Å². The fourth-order valence-electron chi connectivity index (χ4n) is 1.30. The summed E-state index contributed by atoms with van der Waals surface area (Å²) in [5, 5.41) is 0. The van der Waals surface area contributed by atoms with Gasteiger partial charge in [-0.05, 0) is 32.3 Å². The van der Waals surface area contributed by atoms with Gasteiger partial charge in [-0.25, -0.2) is 0 Å². The molecule has 0 saturated carbocycles. The molecule has 0 aliphatic rings. The molecule has 0 heterocycles. The van der Waals surface area contributed by atoms with Gasteiger partial charge in [0, 0.05) is 0 Å². The molecule has 92 valence electrons. The van der Waals surface area contributed by atoms with Crippen LogP contribution in [-0.2, 0) is 14.3 Å². The maximum Gasteiger partial charge on any atom is 0.316 e. The first-order chi connectivity index (χ1) is 7.54. The van der Waals surface area contributed by atoms with E-state index in [0.29, 0.717) is 12.2 Å². The second kappa shape index (κ2) is 8.08. The van der Waals surface area contributed by atoms with Crippen molar-refractivity contribution in [2.24, 2.45) is 5.92 Å². The molecule has 3 nitrogen and oxygen atoms in total. The SMILES string of the molecule is CC/C=C(\C)C(=O)C(C)C(=O)OCCCC. The molecule has 0 bridgehead atoms. The molecule has 0 aliphatic heterocycles. The van der Waals surface area contributed by atoms with Crippen molar-refractivity contribution in [2.45, 2.75) is 47.0 Å². The lowest BCUT2D eigenvalue weighted by Gasteiger charge is -2.10. The van der Waals surface area contributed by atoms with Crippen LogP contribution in [0.5, 0.6) is 0 Å². The minimum Gasteiger partial charge on any atom is -0.465 e. The number of allylic oxidation sites excluding steroid dienone is 2. The zero-order chi connectivity index (χ0) is 12.6. The predicted molar refractivity (Wildman–Crippen MR) is 64.1 cm³/mol. The molecule has 0 spiro atoms. The summed E-state index contributed by atoms with van der Waals surface area (Å²) < 4.78 is 5.01. The maximum atomic E-state index is 11.7. The summed E-state index contributed by atoms with van der Waals surface area (Å²) in [5.74, 6) is -1.23. The lowest BCUT2D eigenvalue weighted by Crippen LogP contribution is -2.24. The van der Waals surface area contributed by atoms with E-state index in [1.807, 2.05) is 19.9 Å². The molecule has 0 aliphatic carbocycles. The number of hydrogen-bond donors (Lipinski definition) is 0. The Hall–Kier alpha value is -1.12. The Kier molecular flexibility index (Phi) is 7.52. The number of hydrogen-bond acceptors (Lipinski definition) is 3. The normalized spacial score (nSPS) is 13.4. The Morgan fingerprint density at radius 2 is 1.94 bits per heavy atom. The average Bonchev–Trinajstić information content (AvgIpc) is 2.27. The van der Waals surface area contributed by atoms with Crippen LogP contribution in [0.4, 0.5) is 0 Å². The molecule has 0 radical (unpaired) electrons. The van der Waals surface area contributed by atoms with Crippen molar-refractivity contribution >= 4 is 11.8 Å². The van der Waals surface area contributed by atoms with Crippen molar-refractivity contribution in [3.63, 3.8) is 0 Å². The minimum absolute atomic E-state index is 0.136. The minimum atomic E-state index is -0.681. The highest BCUT2D eigenvalue weighted by molar-refractivity contribution is 6.07. The maximum absolute atomic E-state index is 11.7. The first kappa shape index (κ1) is 14.9. The fraction of sp³-hybridized carbons (Fsp3) is 0.692. The van der Waals surface area contributed by atoms with E-state index in [4.69, 9.17) is 4.74 Å². The number of Topliss-reactive ketones (excluding diaryl/α,β-unsaturated/α-hetero) is 1. The van der Waals surface area contributed by atoms with Crippen LogP contribution in [-0.4, -0.2) is 18.4 Å². The quantitative estimate of drug-likeness (QED) is 0.290. The van der Waals surface area contributed by atoms with E-state index in [-0.39, 0.29) is 5.78 Å². The second-order valence-corrected chi connectivity index (χ2v) is 3.90. The summed E-state index contributed by atoms with van der Waals surface area (Å²) in [4.78, 5) is 23.2. The van der Waals surface area contributed by atoms with Crippen LogP contribution in [0.2, 0.25) is 0 Å². The van der Waals surface area contributed by atoms with Crippen LogP contribution in [0.1, 0.15) is 47.0 Å². The topological polar surface area (TPSA) is 43.4 Å². The molecule has 0 saturated heterocycles. The molecule has 0 aromatic heterocycles. The summed E-state index contributed by atoms with van der Waals surface area (Å²) in [6.07, 6.45) is 4.45. The van der Waals surface area contributed by atoms with Crippen molar-refractivity contribution in [1.82, 2.24) is 0 Å². The van der Waals surface area contributed by atoms with Gasteiger partial charge in [0.15, 0.2) is 5.78 Å². The number of esters is 1. The lowest BCUT2D eigenvalue weighted by atomic mass is 10.00. The molecule has 1 atom stereocenters. The summed E-state index contributed by atoms with van der Waals surface area (Å²) >= 11 is 0. The molecule has 16 heavy (non-hydrogen) atoms. The van der Waals surface area contributed by atoms with E-state index in [1.54, 1.807) is 13.8 Å². The van der Waals surface area contributed by atoms with Gasteiger partial charge in [0.2, 0.25) is 0 Å². The van der Waals surface area contributed by atoms with Gasteiger partial charge in [0.1, 0.15) is 5.92 Å². The molecule has 3 heteroatoms. The van der Waals surface area contributed by atoms with Gasteiger partial charge < -0.3 is 4.74 Å². The van der Waals surface area contributed by atoms with Crippen molar-refractivity contribution in [2.75, 3.05) is 6.61 Å². The Morgan fingerprint density at radius 1 is 1.31 bits per heavy atom. The van der Waals surface area contributed by atoms with Gasteiger partial charge in [0.25, 0.3) is 0 Å². The van der Waals surface area contributed by atoms with E-state index in [1.165, 1.54) is 0 Å². The van der Waals surface area contributed by atoms with Crippen molar-refractivity contribution in [3.8, 4) is 0 Å². The largest absolute Gasteiger partial charge is 0.465 e. The standard InChI is InChI=1S/C13H22O3/c1-5-7-9-16-13(15)11(4)12(14)10(3)8-6-2/h8,11H,5-7,9H2,1-4H3/b10-8+. The van der Waals surface area contributed by atoms with Crippen LogP contribution in [0.15, 0.2) is 11.6 Å². The van der Waals surface area contributed by atoms with Crippen molar-refractivity contribution < 1.29 is 14.3 Å². The van der Waals surface area contributed by atoms with Gasteiger partial charge in [0.05, 0.1) is 6.61 Å². The predicted octanol–water partition coefficient (Wildman–Crippen LogP) is 2.89. The average molecular weight is 226 g/mol. The number of ether oxygens (including phenoxy) is 1. The van der Waals surface area contributed by atoms with Crippen molar-refractivity contribution in [1.29, 1.82) is 0 Å². The molecule has 0 N–H and O–H groups in total. The van der Waals surface area contributed by atoms with Crippen LogP contribution in [0.3, 0.4) is 0 Å². The number of rotatable bonds is 7. The third kappa shape index (κ3) is 5.10. The molecule has 0 aromatic rings.